The first-order valence-corrected chi connectivity index (χ1v) is 7.10. The number of hydrogen-bond acceptors (Lipinski definition) is 3. The van der Waals surface area contributed by atoms with Crippen LogP contribution in [0.25, 0.3) is 0 Å². The molecular weight excluding hydrogens is 304 g/mol. The lowest BCUT2D eigenvalue weighted by atomic mass is 10.2. The largest absolute Gasteiger partial charge is 0.478 e. The Balaban J connectivity index is 2.52. The van der Waals surface area contributed by atoms with E-state index >= 15 is 0 Å². The van der Waals surface area contributed by atoms with E-state index in [1.54, 1.807) is 18.2 Å². The van der Waals surface area contributed by atoms with Gasteiger partial charge in [-0.1, -0.05) is 18.2 Å². The second-order valence-electron chi connectivity index (χ2n) is 4.05. The third kappa shape index (κ3) is 3.16. The summed E-state index contributed by atoms with van der Waals surface area (Å²) in [5.74, 6) is -4.75. The number of carbonyl (C=O) groups is 1. The van der Waals surface area contributed by atoms with Crippen LogP contribution in [-0.4, -0.2) is 19.5 Å². The molecule has 0 saturated carbocycles. The molecule has 0 spiro atoms. The summed E-state index contributed by atoms with van der Waals surface area (Å²) in [6, 6.07) is 8.53. The van der Waals surface area contributed by atoms with Crippen molar-refractivity contribution in [2.24, 2.45) is 0 Å². The van der Waals surface area contributed by atoms with Crippen LogP contribution in [0.2, 0.25) is 0 Å². The molecule has 0 aliphatic heterocycles. The summed E-state index contributed by atoms with van der Waals surface area (Å²) >= 11 is 0. The zero-order valence-corrected chi connectivity index (χ0v) is 11.2. The SMILES string of the molecule is O=C(O)c1cc(F)c(F)c(S(=O)(=O)Nc2ccccc2)c1. The number of sulfonamides is 1. The van der Waals surface area contributed by atoms with E-state index in [1.807, 2.05) is 4.72 Å². The highest BCUT2D eigenvalue weighted by atomic mass is 32.2. The van der Waals surface area contributed by atoms with Crippen molar-refractivity contribution in [3.05, 3.63) is 59.7 Å². The van der Waals surface area contributed by atoms with E-state index in [0.717, 1.165) is 0 Å². The van der Waals surface area contributed by atoms with Crippen LogP contribution in [0, 0.1) is 11.6 Å². The van der Waals surface area contributed by atoms with Crippen molar-refractivity contribution in [2.75, 3.05) is 4.72 Å². The Morgan fingerprint density at radius 2 is 1.71 bits per heavy atom. The number of para-hydroxylation sites is 1. The topological polar surface area (TPSA) is 83.5 Å². The van der Waals surface area contributed by atoms with E-state index in [2.05, 4.69) is 0 Å². The van der Waals surface area contributed by atoms with Crippen molar-refractivity contribution < 1.29 is 27.1 Å². The van der Waals surface area contributed by atoms with Crippen molar-refractivity contribution in [1.82, 2.24) is 0 Å². The summed E-state index contributed by atoms with van der Waals surface area (Å²) in [7, 11) is -4.45. The number of carboxylic acids is 1. The molecule has 8 heteroatoms. The first-order valence-electron chi connectivity index (χ1n) is 5.61. The molecule has 0 aromatic heterocycles. The van der Waals surface area contributed by atoms with Gasteiger partial charge in [-0.05, 0) is 24.3 Å². The number of carboxylic acid groups (broad SMARTS) is 1. The maximum absolute atomic E-state index is 13.7. The molecule has 0 heterocycles. The molecule has 110 valence electrons. The van der Waals surface area contributed by atoms with Crippen LogP contribution in [0.5, 0.6) is 0 Å². The molecule has 2 N–H and O–H groups in total. The monoisotopic (exact) mass is 313 g/mol. The smallest absolute Gasteiger partial charge is 0.335 e. The maximum Gasteiger partial charge on any atom is 0.335 e. The van der Waals surface area contributed by atoms with Gasteiger partial charge in [-0.25, -0.2) is 22.0 Å². The Hall–Kier alpha value is -2.48. The summed E-state index contributed by atoms with van der Waals surface area (Å²) in [4.78, 5) is 9.73. The summed E-state index contributed by atoms with van der Waals surface area (Å²) in [6.07, 6.45) is 0. The number of rotatable bonds is 4. The number of halogens is 2. The summed E-state index contributed by atoms with van der Waals surface area (Å²) in [5.41, 5.74) is -0.527. The van der Waals surface area contributed by atoms with Crippen molar-refractivity contribution in [1.29, 1.82) is 0 Å². The van der Waals surface area contributed by atoms with Crippen LogP contribution in [-0.2, 0) is 10.0 Å². The fourth-order valence-corrected chi connectivity index (χ4v) is 2.77. The van der Waals surface area contributed by atoms with Crippen LogP contribution < -0.4 is 4.72 Å². The minimum absolute atomic E-state index is 0.137. The second kappa shape index (κ2) is 5.49. The average Bonchev–Trinajstić information content (AvgIpc) is 2.41. The van der Waals surface area contributed by atoms with Crippen LogP contribution in [0.1, 0.15) is 10.4 Å². The second-order valence-corrected chi connectivity index (χ2v) is 5.70. The number of nitrogens with one attached hydrogen (secondary N) is 1. The van der Waals surface area contributed by atoms with Crippen LogP contribution in [0.3, 0.4) is 0 Å². The van der Waals surface area contributed by atoms with E-state index < -0.39 is 38.1 Å². The first kappa shape index (κ1) is 14.9. The Morgan fingerprint density at radius 1 is 1.10 bits per heavy atom. The molecule has 0 fully saturated rings. The summed E-state index contributed by atoms with van der Waals surface area (Å²) in [5, 5.41) is 8.78. The van der Waals surface area contributed by atoms with Gasteiger partial charge >= 0.3 is 5.97 Å². The molecule has 0 atom stereocenters. The first-order chi connectivity index (χ1) is 9.81. The van der Waals surface area contributed by atoms with Crippen LogP contribution in [0.15, 0.2) is 47.4 Å². The average molecular weight is 313 g/mol. The molecule has 21 heavy (non-hydrogen) atoms. The van der Waals surface area contributed by atoms with Gasteiger partial charge in [0.15, 0.2) is 11.6 Å². The van der Waals surface area contributed by atoms with Crippen molar-refractivity contribution in [3.8, 4) is 0 Å². The van der Waals surface area contributed by atoms with Gasteiger partial charge in [-0.3, -0.25) is 4.72 Å². The van der Waals surface area contributed by atoms with E-state index in [0.29, 0.717) is 12.1 Å². The molecule has 0 aliphatic rings. The van der Waals surface area contributed by atoms with Gasteiger partial charge in [-0.15, -0.1) is 0 Å². The Labute approximate surface area is 118 Å². The molecule has 0 bridgehead atoms. The lowest BCUT2D eigenvalue weighted by Crippen LogP contribution is -2.16. The molecule has 0 radical (unpaired) electrons. The number of benzene rings is 2. The summed E-state index contributed by atoms with van der Waals surface area (Å²) < 4.78 is 53.1. The molecular formula is C13H9F2NO4S. The number of anilines is 1. The highest BCUT2D eigenvalue weighted by molar-refractivity contribution is 7.92. The quantitative estimate of drug-likeness (QED) is 0.908. The predicted molar refractivity (Wildman–Crippen MR) is 70.6 cm³/mol. The van der Waals surface area contributed by atoms with Gasteiger partial charge in [0.25, 0.3) is 10.0 Å². The molecule has 5 nitrogen and oxygen atoms in total. The highest BCUT2D eigenvalue weighted by Gasteiger charge is 2.24. The van der Waals surface area contributed by atoms with Crippen molar-refractivity contribution >= 4 is 21.7 Å². The van der Waals surface area contributed by atoms with Crippen LogP contribution in [0.4, 0.5) is 14.5 Å². The fraction of sp³-hybridized carbons (Fsp3) is 0. The minimum Gasteiger partial charge on any atom is -0.478 e. The Morgan fingerprint density at radius 3 is 2.29 bits per heavy atom. The maximum atomic E-state index is 13.7. The third-order valence-corrected chi connectivity index (χ3v) is 3.94. The molecule has 2 aromatic rings. The predicted octanol–water partition coefficient (Wildman–Crippen LogP) is 2.46. The van der Waals surface area contributed by atoms with Crippen molar-refractivity contribution in [3.63, 3.8) is 0 Å². The Bertz CT molecular complexity index is 791. The van der Waals surface area contributed by atoms with E-state index in [9.17, 15) is 22.0 Å². The van der Waals surface area contributed by atoms with E-state index in [-0.39, 0.29) is 5.69 Å². The van der Waals surface area contributed by atoms with Gasteiger partial charge < -0.3 is 5.11 Å². The normalized spacial score (nSPS) is 11.1. The molecule has 0 unspecified atom stereocenters. The lowest BCUT2D eigenvalue weighted by molar-refractivity contribution is 0.0696. The molecule has 2 rings (SSSR count). The molecule has 2 aromatic carbocycles. The van der Waals surface area contributed by atoms with Gasteiger partial charge in [0, 0.05) is 5.69 Å². The standard InChI is InChI=1S/C13H9F2NO4S/c14-10-6-8(13(17)18)7-11(12(10)15)21(19,20)16-9-4-2-1-3-5-9/h1-7,16H,(H,17,18). The van der Waals surface area contributed by atoms with Gasteiger partial charge in [0.05, 0.1) is 5.56 Å². The Kier molecular flexibility index (Phi) is 3.90. The van der Waals surface area contributed by atoms with E-state index in [4.69, 9.17) is 5.11 Å². The van der Waals surface area contributed by atoms with Crippen molar-refractivity contribution in [2.45, 2.75) is 4.90 Å². The van der Waals surface area contributed by atoms with Gasteiger partial charge in [0.2, 0.25) is 0 Å². The molecule has 0 saturated heterocycles. The molecule has 0 aliphatic carbocycles. The zero-order valence-electron chi connectivity index (χ0n) is 10.4. The lowest BCUT2D eigenvalue weighted by Gasteiger charge is -2.10. The summed E-state index contributed by atoms with van der Waals surface area (Å²) in [6.45, 7) is 0. The third-order valence-electron chi connectivity index (χ3n) is 2.56. The molecule has 0 amide bonds. The zero-order chi connectivity index (χ0) is 15.6. The minimum atomic E-state index is -4.45. The number of aromatic carboxylic acids is 1. The number of hydrogen-bond donors (Lipinski definition) is 2. The fourth-order valence-electron chi connectivity index (χ4n) is 1.60. The highest BCUT2D eigenvalue weighted by Crippen LogP contribution is 2.22. The van der Waals surface area contributed by atoms with Crippen LogP contribution >= 0.6 is 0 Å². The van der Waals surface area contributed by atoms with Gasteiger partial charge in [0.1, 0.15) is 4.90 Å². The van der Waals surface area contributed by atoms with Gasteiger partial charge in [-0.2, -0.15) is 0 Å². The van der Waals surface area contributed by atoms with E-state index in [1.165, 1.54) is 12.1 Å².